The van der Waals surface area contributed by atoms with Gasteiger partial charge in [-0.15, -0.1) is 0 Å². The lowest BCUT2D eigenvalue weighted by atomic mass is 10.1. The molecule has 0 saturated carbocycles. The van der Waals surface area contributed by atoms with Gasteiger partial charge in [-0.2, -0.15) is 0 Å². The summed E-state index contributed by atoms with van der Waals surface area (Å²) < 4.78 is 0. The van der Waals surface area contributed by atoms with Crippen molar-refractivity contribution in [2.75, 3.05) is 18.9 Å². The van der Waals surface area contributed by atoms with E-state index in [2.05, 4.69) is 18.3 Å². The van der Waals surface area contributed by atoms with Crippen LogP contribution in [0.25, 0.3) is 0 Å². The fourth-order valence-corrected chi connectivity index (χ4v) is 1.97. The Kier molecular flexibility index (Phi) is 5.69. The molecular weight excluding hydrogens is 224 g/mol. The summed E-state index contributed by atoms with van der Waals surface area (Å²) in [4.78, 5) is 13.7. The zero-order valence-electron chi connectivity index (χ0n) is 11.9. The monoisotopic (exact) mass is 248 g/mol. The predicted octanol–water partition coefficient (Wildman–Crippen LogP) is 3.96. The molecule has 3 nitrogen and oxygen atoms in total. The second-order valence-corrected chi connectivity index (χ2v) is 4.94. The lowest BCUT2D eigenvalue weighted by Crippen LogP contribution is -2.32. The Balaban J connectivity index is 2.52. The Morgan fingerprint density at radius 3 is 2.33 bits per heavy atom. The van der Waals surface area contributed by atoms with Gasteiger partial charge in [-0.25, -0.2) is 4.79 Å². The Morgan fingerprint density at radius 2 is 1.78 bits per heavy atom. The van der Waals surface area contributed by atoms with Crippen LogP contribution in [0.5, 0.6) is 0 Å². The molecule has 0 radical (unpaired) electrons. The minimum atomic E-state index is -0.0314. The molecule has 0 bridgehead atoms. The topological polar surface area (TPSA) is 32.3 Å². The number of aryl methyl sites for hydroxylation is 2. The number of unbranched alkanes of at least 4 members (excludes halogenated alkanes) is 2. The van der Waals surface area contributed by atoms with E-state index in [-0.39, 0.29) is 6.03 Å². The average Bonchev–Trinajstić information content (AvgIpc) is 2.27. The first-order valence-corrected chi connectivity index (χ1v) is 6.63. The quantitative estimate of drug-likeness (QED) is 0.786. The molecule has 0 spiro atoms. The van der Waals surface area contributed by atoms with E-state index >= 15 is 0 Å². The summed E-state index contributed by atoms with van der Waals surface area (Å²) in [5.41, 5.74) is 3.21. The van der Waals surface area contributed by atoms with Crippen LogP contribution in [-0.4, -0.2) is 24.5 Å². The Hall–Kier alpha value is -1.51. The molecule has 18 heavy (non-hydrogen) atoms. The molecule has 2 amide bonds. The summed E-state index contributed by atoms with van der Waals surface area (Å²) in [6.07, 6.45) is 3.40. The van der Waals surface area contributed by atoms with Crippen LogP contribution in [0.15, 0.2) is 18.2 Å². The fourth-order valence-electron chi connectivity index (χ4n) is 1.97. The smallest absolute Gasteiger partial charge is 0.321 e. The molecule has 0 aliphatic heterocycles. The van der Waals surface area contributed by atoms with Gasteiger partial charge in [-0.1, -0.05) is 25.8 Å². The molecule has 1 N–H and O–H groups in total. The van der Waals surface area contributed by atoms with Gasteiger partial charge in [0.25, 0.3) is 0 Å². The van der Waals surface area contributed by atoms with E-state index in [1.54, 1.807) is 4.90 Å². The minimum Gasteiger partial charge on any atom is -0.328 e. The van der Waals surface area contributed by atoms with E-state index in [1.165, 1.54) is 24.0 Å². The lowest BCUT2D eigenvalue weighted by molar-refractivity contribution is 0.221. The molecule has 3 heteroatoms. The van der Waals surface area contributed by atoms with Crippen molar-refractivity contribution in [2.24, 2.45) is 0 Å². The fraction of sp³-hybridized carbons (Fsp3) is 0.533. The molecule has 0 atom stereocenters. The highest BCUT2D eigenvalue weighted by molar-refractivity contribution is 5.89. The summed E-state index contributed by atoms with van der Waals surface area (Å²) in [6, 6.07) is 6.05. The largest absolute Gasteiger partial charge is 0.328 e. The number of hydrogen-bond donors (Lipinski definition) is 1. The number of rotatable bonds is 5. The molecule has 1 aromatic rings. The van der Waals surface area contributed by atoms with Gasteiger partial charge in [-0.3, -0.25) is 0 Å². The Labute approximate surface area is 110 Å². The van der Waals surface area contributed by atoms with Crippen molar-refractivity contribution in [3.05, 3.63) is 29.3 Å². The van der Waals surface area contributed by atoms with Crippen LogP contribution in [-0.2, 0) is 0 Å². The molecule has 0 saturated heterocycles. The van der Waals surface area contributed by atoms with Gasteiger partial charge in [0.1, 0.15) is 0 Å². The molecular formula is C15H24N2O. The third kappa shape index (κ3) is 4.78. The van der Waals surface area contributed by atoms with Crippen molar-refractivity contribution < 1.29 is 4.79 Å². The molecule has 0 heterocycles. The predicted molar refractivity (Wildman–Crippen MR) is 77.1 cm³/mol. The van der Waals surface area contributed by atoms with E-state index in [1.807, 2.05) is 33.0 Å². The van der Waals surface area contributed by atoms with Gasteiger partial charge in [0, 0.05) is 19.3 Å². The van der Waals surface area contributed by atoms with E-state index in [4.69, 9.17) is 0 Å². The molecule has 0 aromatic heterocycles. The van der Waals surface area contributed by atoms with Crippen molar-refractivity contribution in [2.45, 2.75) is 40.0 Å². The van der Waals surface area contributed by atoms with Gasteiger partial charge >= 0.3 is 6.03 Å². The first-order valence-electron chi connectivity index (χ1n) is 6.63. The number of benzene rings is 1. The van der Waals surface area contributed by atoms with Gasteiger partial charge in [0.05, 0.1) is 0 Å². The van der Waals surface area contributed by atoms with E-state index < -0.39 is 0 Å². The number of nitrogens with zero attached hydrogens (tertiary/aromatic N) is 1. The van der Waals surface area contributed by atoms with Crippen LogP contribution < -0.4 is 5.32 Å². The van der Waals surface area contributed by atoms with Crippen LogP contribution in [0.2, 0.25) is 0 Å². The summed E-state index contributed by atoms with van der Waals surface area (Å²) in [5, 5.41) is 2.94. The maximum Gasteiger partial charge on any atom is 0.321 e. The van der Waals surface area contributed by atoms with E-state index in [9.17, 15) is 4.79 Å². The molecule has 0 aliphatic carbocycles. The normalized spacial score (nSPS) is 10.2. The molecule has 1 aromatic carbocycles. The molecule has 100 valence electrons. The third-order valence-electron chi connectivity index (χ3n) is 2.92. The number of hydrogen-bond acceptors (Lipinski definition) is 1. The number of carbonyl (C=O) groups is 1. The van der Waals surface area contributed by atoms with Crippen molar-refractivity contribution >= 4 is 11.7 Å². The summed E-state index contributed by atoms with van der Waals surface area (Å²) >= 11 is 0. The second kappa shape index (κ2) is 7.04. The van der Waals surface area contributed by atoms with Gasteiger partial charge in [0.2, 0.25) is 0 Å². The summed E-state index contributed by atoms with van der Waals surface area (Å²) in [6.45, 7) is 7.04. The number of carbonyl (C=O) groups excluding carboxylic acids is 1. The van der Waals surface area contributed by atoms with Crippen LogP contribution >= 0.6 is 0 Å². The van der Waals surface area contributed by atoms with Crippen LogP contribution in [0, 0.1) is 13.8 Å². The van der Waals surface area contributed by atoms with Crippen molar-refractivity contribution in [3.8, 4) is 0 Å². The average molecular weight is 248 g/mol. The van der Waals surface area contributed by atoms with Crippen LogP contribution in [0.3, 0.4) is 0 Å². The SMILES string of the molecule is CCCCCN(C)C(=O)Nc1cc(C)cc(C)c1. The summed E-state index contributed by atoms with van der Waals surface area (Å²) in [7, 11) is 1.84. The van der Waals surface area contributed by atoms with Crippen molar-refractivity contribution in [3.63, 3.8) is 0 Å². The maximum atomic E-state index is 11.9. The second-order valence-electron chi connectivity index (χ2n) is 4.94. The lowest BCUT2D eigenvalue weighted by Gasteiger charge is -2.18. The third-order valence-corrected chi connectivity index (χ3v) is 2.92. The highest BCUT2D eigenvalue weighted by Gasteiger charge is 2.08. The highest BCUT2D eigenvalue weighted by atomic mass is 16.2. The standard InChI is InChI=1S/C15H24N2O/c1-5-6-7-8-17(4)15(18)16-14-10-12(2)9-13(3)11-14/h9-11H,5-8H2,1-4H3,(H,16,18). The van der Waals surface area contributed by atoms with E-state index in [0.717, 1.165) is 18.7 Å². The molecule has 0 fully saturated rings. The molecule has 0 aliphatic rings. The highest BCUT2D eigenvalue weighted by Crippen LogP contribution is 2.14. The van der Waals surface area contributed by atoms with Crippen molar-refractivity contribution in [1.29, 1.82) is 0 Å². The van der Waals surface area contributed by atoms with Crippen LogP contribution in [0.4, 0.5) is 10.5 Å². The van der Waals surface area contributed by atoms with E-state index in [0.29, 0.717) is 0 Å². The first kappa shape index (κ1) is 14.6. The first-order chi connectivity index (χ1) is 8.52. The summed E-state index contributed by atoms with van der Waals surface area (Å²) in [5.74, 6) is 0. The number of urea groups is 1. The Bertz CT molecular complexity index is 381. The number of amides is 2. The van der Waals surface area contributed by atoms with Gasteiger partial charge in [-0.05, 0) is 43.5 Å². The number of nitrogens with one attached hydrogen (secondary N) is 1. The van der Waals surface area contributed by atoms with Gasteiger partial charge in [0.15, 0.2) is 0 Å². The Morgan fingerprint density at radius 1 is 1.17 bits per heavy atom. The molecule has 1 rings (SSSR count). The number of anilines is 1. The minimum absolute atomic E-state index is 0.0314. The molecule has 0 unspecified atom stereocenters. The maximum absolute atomic E-state index is 11.9. The van der Waals surface area contributed by atoms with Crippen molar-refractivity contribution in [1.82, 2.24) is 4.90 Å². The van der Waals surface area contributed by atoms with Crippen LogP contribution in [0.1, 0.15) is 37.3 Å². The van der Waals surface area contributed by atoms with Gasteiger partial charge < -0.3 is 10.2 Å². The zero-order chi connectivity index (χ0) is 13.5. The zero-order valence-corrected chi connectivity index (χ0v) is 11.9.